The number of hydrogen-bond acceptors (Lipinski definition) is 1. The minimum absolute atomic E-state index is 0.269. The molecule has 0 aromatic heterocycles. The molecule has 0 heterocycles. The molecule has 0 amide bonds. The van der Waals surface area contributed by atoms with Gasteiger partial charge in [-0.2, -0.15) is 0 Å². The molecule has 1 nitrogen and oxygen atoms in total. The Morgan fingerprint density at radius 3 is 2.72 bits per heavy atom. The minimum Gasteiger partial charge on any atom is -0.300 e. The van der Waals surface area contributed by atoms with Gasteiger partial charge in [0.1, 0.15) is 5.78 Å². The summed E-state index contributed by atoms with van der Waals surface area (Å²) in [5.41, 5.74) is 3.99. The van der Waals surface area contributed by atoms with Gasteiger partial charge in [-0.15, -0.1) is 0 Å². The van der Waals surface area contributed by atoms with Gasteiger partial charge in [-0.25, -0.2) is 0 Å². The second kappa shape index (κ2) is 5.83. The van der Waals surface area contributed by atoms with Crippen molar-refractivity contribution in [2.45, 2.75) is 45.4 Å². The average Bonchev–Trinajstić information content (AvgIpc) is 2.61. The van der Waals surface area contributed by atoms with E-state index in [1.54, 1.807) is 6.92 Å². The number of ketones is 1. The summed E-state index contributed by atoms with van der Waals surface area (Å²) in [6.07, 6.45) is 4.09. The SMILES string of the molecule is CCCCC1=C(Br)c2ccccc2C1CC(C)=O. The van der Waals surface area contributed by atoms with Gasteiger partial charge < -0.3 is 0 Å². The van der Waals surface area contributed by atoms with E-state index in [4.69, 9.17) is 0 Å². The topological polar surface area (TPSA) is 17.1 Å². The Bertz CT molecular complexity index is 488. The van der Waals surface area contributed by atoms with Gasteiger partial charge in [0, 0.05) is 16.8 Å². The molecule has 0 spiro atoms. The number of carbonyl (C=O) groups excluding carboxylic acids is 1. The molecule has 1 aromatic carbocycles. The Labute approximate surface area is 117 Å². The molecule has 0 bridgehead atoms. The highest BCUT2D eigenvalue weighted by Gasteiger charge is 2.29. The predicted octanol–water partition coefficient (Wildman–Crippen LogP) is 5.06. The summed E-state index contributed by atoms with van der Waals surface area (Å²) in [4.78, 5) is 11.5. The van der Waals surface area contributed by atoms with Crippen LogP contribution in [0.1, 0.15) is 56.6 Å². The van der Waals surface area contributed by atoms with Crippen LogP contribution < -0.4 is 0 Å². The van der Waals surface area contributed by atoms with Gasteiger partial charge in [-0.05, 0) is 36.5 Å². The summed E-state index contributed by atoms with van der Waals surface area (Å²) in [6.45, 7) is 3.89. The van der Waals surface area contributed by atoms with Crippen molar-refractivity contribution in [2.75, 3.05) is 0 Å². The molecule has 1 aromatic rings. The van der Waals surface area contributed by atoms with Gasteiger partial charge in [0.2, 0.25) is 0 Å². The van der Waals surface area contributed by atoms with Gasteiger partial charge >= 0.3 is 0 Å². The third kappa shape index (κ3) is 2.59. The van der Waals surface area contributed by atoms with Crippen LogP contribution in [0.15, 0.2) is 29.8 Å². The minimum atomic E-state index is 0.269. The highest BCUT2D eigenvalue weighted by atomic mass is 79.9. The Kier molecular flexibility index (Phi) is 4.39. The van der Waals surface area contributed by atoms with Crippen molar-refractivity contribution in [1.82, 2.24) is 0 Å². The van der Waals surface area contributed by atoms with E-state index in [-0.39, 0.29) is 5.78 Å². The standard InChI is InChI=1S/C16H19BrO/c1-3-4-7-14-15(10-11(2)18)12-8-5-6-9-13(12)16(14)17/h5-6,8-9,15H,3-4,7,10H2,1-2H3. The number of Topliss-reactive ketones (excluding diaryl/α,β-unsaturated/α-hetero) is 1. The molecule has 1 aliphatic carbocycles. The fourth-order valence-electron chi connectivity index (χ4n) is 2.69. The lowest BCUT2D eigenvalue weighted by Gasteiger charge is -2.15. The first kappa shape index (κ1) is 13.5. The van der Waals surface area contributed by atoms with Crippen molar-refractivity contribution in [3.63, 3.8) is 0 Å². The Morgan fingerprint density at radius 1 is 1.33 bits per heavy atom. The van der Waals surface area contributed by atoms with Crippen molar-refractivity contribution in [1.29, 1.82) is 0 Å². The summed E-state index contributed by atoms with van der Waals surface area (Å²) < 4.78 is 1.22. The van der Waals surface area contributed by atoms with Crippen molar-refractivity contribution in [3.8, 4) is 0 Å². The molecule has 0 N–H and O–H groups in total. The zero-order valence-electron chi connectivity index (χ0n) is 11.0. The summed E-state index contributed by atoms with van der Waals surface area (Å²) in [6, 6.07) is 8.43. The fraction of sp³-hybridized carbons (Fsp3) is 0.438. The van der Waals surface area contributed by atoms with Crippen molar-refractivity contribution in [2.24, 2.45) is 0 Å². The summed E-state index contributed by atoms with van der Waals surface area (Å²) in [5, 5.41) is 0. The van der Waals surface area contributed by atoms with E-state index in [0.29, 0.717) is 12.3 Å². The van der Waals surface area contributed by atoms with Crippen LogP contribution in [-0.4, -0.2) is 5.78 Å². The molecule has 18 heavy (non-hydrogen) atoms. The predicted molar refractivity (Wildman–Crippen MR) is 79.9 cm³/mol. The van der Waals surface area contributed by atoms with Crippen LogP contribution >= 0.6 is 15.9 Å². The summed E-state index contributed by atoms with van der Waals surface area (Å²) in [7, 11) is 0. The molecule has 0 fully saturated rings. The second-order valence-electron chi connectivity index (χ2n) is 4.99. The maximum Gasteiger partial charge on any atom is 0.130 e. The lowest BCUT2D eigenvalue weighted by Crippen LogP contribution is -2.04. The van der Waals surface area contributed by atoms with Gasteiger partial charge in [-0.1, -0.05) is 53.5 Å². The van der Waals surface area contributed by atoms with Gasteiger partial charge in [0.05, 0.1) is 0 Å². The monoisotopic (exact) mass is 306 g/mol. The number of unbranched alkanes of at least 4 members (excludes halogenated alkanes) is 1. The lowest BCUT2D eigenvalue weighted by atomic mass is 9.89. The maximum absolute atomic E-state index is 11.5. The molecule has 1 unspecified atom stereocenters. The molecule has 1 atom stereocenters. The van der Waals surface area contributed by atoms with Crippen molar-refractivity contribution >= 4 is 26.2 Å². The molecule has 2 heteroatoms. The van der Waals surface area contributed by atoms with Crippen LogP contribution in [0.4, 0.5) is 0 Å². The van der Waals surface area contributed by atoms with Crippen LogP contribution in [-0.2, 0) is 4.79 Å². The number of carbonyl (C=O) groups is 1. The Hall–Kier alpha value is -0.890. The van der Waals surface area contributed by atoms with Crippen molar-refractivity contribution in [3.05, 3.63) is 41.0 Å². The first-order chi connectivity index (χ1) is 8.65. The van der Waals surface area contributed by atoms with Gasteiger partial charge in [0.25, 0.3) is 0 Å². The van der Waals surface area contributed by atoms with Crippen molar-refractivity contribution < 1.29 is 4.79 Å². The second-order valence-corrected chi connectivity index (χ2v) is 5.78. The molecule has 1 aliphatic rings. The zero-order valence-corrected chi connectivity index (χ0v) is 12.6. The first-order valence-electron chi connectivity index (χ1n) is 6.62. The smallest absolute Gasteiger partial charge is 0.130 e. The Balaban J connectivity index is 2.36. The van der Waals surface area contributed by atoms with E-state index in [9.17, 15) is 4.79 Å². The molecular weight excluding hydrogens is 288 g/mol. The molecule has 0 saturated heterocycles. The normalized spacial score (nSPS) is 18.1. The summed E-state index contributed by atoms with van der Waals surface area (Å²) in [5.74, 6) is 0.561. The van der Waals surface area contributed by atoms with Crippen LogP contribution in [0, 0.1) is 0 Å². The number of halogens is 1. The number of allylic oxidation sites excluding steroid dienone is 1. The van der Waals surface area contributed by atoms with E-state index < -0.39 is 0 Å². The zero-order chi connectivity index (χ0) is 13.1. The van der Waals surface area contributed by atoms with E-state index >= 15 is 0 Å². The quantitative estimate of drug-likeness (QED) is 0.743. The molecule has 0 aliphatic heterocycles. The van der Waals surface area contributed by atoms with E-state index in [0.717, 1.165) is 6.42 Å². The van der Waals surface area contributed by atoms with Crippen LogP contribution in [0.3, 0.4) is 0 Å². The third-order valence-electron chi connectivity index (χ3n) is 3.57. The first-order valence-corrected chi connectivity index (χ1v) is 7.41. The third-order valence-corrected chi connectivity index (χ3v) is 4.50. The average molecular weight is 307 g/mol. The Morgan fingerprint density at radius 2 is 2.06 bits per heavy atom. The number of fused-ring (bicyclic) bond motifs is 1. The fourth-order valence-corrected chi connectivity index (χ4v) is 3.52. The van der Waals surface area contributed by atoms with E-state index in [1.165, 1.54) is 34.0 Å². The summed E-state index contributed by atoms with van der Waals surface area (Å²) >= 11 is 3.73. The number of rotatable bonds is 5. The highest BCUT2D eigenvalue weighted by molar-refractivity contribution is 9.15. The van der Waals surface area contributed by atoms with Crippen LogP contribution in [0.25, 0.3) is 4.48 Å². The number of hydrogen-bond donors (Lipinski definition) is 0. The molecule has 2 rings (SSSR count). The van der Waals surface area contributed by atoms with Gasteiger partial charge in [0.15, 0.2) is 0 Å². The molecule has 0 saturated carbocycles. The molecular formula is C16H19BrO. The molecule has 0 radical (unpaired) electrons. The van der Waals surface area contributed by atoms with Crippen LogP contribution in [0.5, 0.6) is 0 Å². The molecule has 96 valence electrons. The maximum atomic E-state index is 11.5. The van der Waals surface area contributed by atoms with E-state index in [2.05, 4.69) is 47.1 Å². The van der Waals surface area contributed by atoms with E-state index in [1.807, 2.05) is 0 Å². The lowest BCUT2D eigenvalue weighted by molar-refractivity contribution is -0.117. The van der Waals surface area contributed by atoms with Crippen LogP contribution in [0.2, 0.25) is 0 Å². The largest absolute Gasteiger partial charge is 0.300 e. The highest BCUT2D eigenvalue weighted by Crippen LogP contribution is 2.48. The number of benzene rings is 1. The van der Waals surface area contributed by atoms with Gasteiger partial charge in [-0.3, -0.25) is 4.79 Å².